The Labute approximate surface area is 83.8 Å². The van der Waals surface area contributed by atoms with E-state index >= 15 is 0 Å². The summed E-state index contributed by atoms with van der Waals surface area (Å²) in [6.07, 6.45) is 2.33. The number of sulfone groups is 1. The lowest BCUT2D eigenvalue weighted by Gasteiger charge is -2.02. The molecule has 1 aromatic rings. The SMILES string of the molecule is CCCS(=O)(=O)CCn1ccc(N)n1. The fourth-order valence-electron chi connectivity index (χ4n) is 1.15. The van der Waals surface area contributed by atoms with Crippen LogP contribution in [-0.2, 0) is 16.4 Å². The Balaban J connectivity index is 2.48. The van der Waals surface area contributed by atoms with Gasteiger partial charge >= 0.3 is 0 Å². The largest absolute Gasteiger partial charge is 0.382 e. The lowest BCUT2D eigenvalue weighted by molar-refractivity contribution is 0.580. The molecule has 2 N–H and O–H groups in total. The quantitative estimate of drug-likeness (QED) is 0.769. The maximum atomic E-state index is 11.3. The van der Waals surface area contributed by atoms with Crippen molar-refractivity contribution in [2.45, 2.75) is 19.9 Å². The number of nitrogens with zero attached hydrogens (tertiary/aromatic N) is 2. The third kappa shape index (κ3) is 3.37. The van der Waals surface area contributed by atoms with Gasteiger partial charge < -0.3 is 5.73 Å². The van der Waals surface area contributed by atoms with E-state index in [0.717, 1.165) is 0 Å². The first-order chi connectivity index (χ1) is 6.53. The van der Waals surface area contributed by atoms with Gasteiger partial charge in [-0.25, -0.2) is 8.42 Å². The number of hydrogen-bond donors (Lipinski definition) is 1. The van der Waals surface area contributed by atoms with E-state index in [-0.39, 0.29) is 11.5 Å². The van der Waals surface area contributed by atoms with Crippen LogP contribution in [0.4, 0.5) is 5.82 Å². The normalized spacial score (nSPS) is 11.8. The maximum Gasteiger partial charge on any atom is 0.152 e. The Morgan fingerprint density at radius 2 is 2.21 bits per heavy atom. The first kappa shape index (κ1) is 11.0. The van der Waals surface area contributed by atoms with E-state index in [1.165, 1.54) is 0 Å². The lowest BCUT2D eigenvalue weighted by atomic mass is 10.6. The van der Waals surface area contributed by atoms with E-state index in [1.807, 2.05) is 6.92 Å². The molecule has 0 saturated heterocycles. The summed E-state index contributed by atoms with van der Waals surface area (Å²) in [5.74, 6) is 0.781. The molecule has 6 heteroatoms. The third-order valence-electron chi connectivity index (χ3n) is 1.81. The second-order valence-corrected chi connectivity index (χ2v) is 5.46. The average Bonchev–Trinajstić information content (AvgIpc) is 2.48. The van der Waals surface area contributed by atoms with E-state index < -0.39 is 9.84 Å². The van der Waals surface area contributed by atoms with Crippen molar-refractivity contribution in [3.63, 3.8) is 0 Å². The number of aromatic nitrogens is 2. The molecule has 1 heterocycles. The summed E-state index contributed by atoms with van der Waals surface area (Å²) in [6.45, 7) is 2.23. The van der Waals surface area contributed by atoms with Crippen molar-refractivity contribution in [2.24, 2.45) is 0 Å². The molecule has 1 rings (SSSR count). The van der Waals surface area contributed by atoms with Crippen LogP contribution < -0.4 is 5.73 Å². The van der Waals surface area contributed by atoms with Crippen LogP contribution in [-0.4, -0.2) is 29.7 Å². The Hall–Kier alpha value is -1.04. The Morgan fingerprint density at radius 3 is 2.71 bits per heavy atom. The molecule has 0 atom stereocenters. The molecule has 0 spiro atoms. The van der Waals surface area contributed by atoms with Crippen molar-refractivity contribution < 1.29 is 8.42 Å². The minimum atomic E-state index is -2.92. The van der Waals surface area contributed by atoms with Crippen LogP contribution in [0.2, 0.25) is 0 Å². The van der Waals surface area contributed by atoms with E-state index in [0.29, 0.717) is 18.8 Å². The standard InChI is InChI=1S/C8H15N3O2S/c1-2-6-14(12,13)7-5-11-4-3-8(9)10-11/h3-4H,2,5-7H2,1H3,(H2,9,10). The van der Waals surface area contributed by atoms with Crippen LogP contribution >= 0.6 is 0 Å². The summed E-state index contributed by atoms with van der Waals surface area (Å²) in [7, 11) is -2.92. The smallest absolute Gasteiger partial charge is 0.152 e. The predicted molar refractivity (Wildman–Crippen MR) is 55.6 cm³/mol. The highest BCUT2D eigenvalue weighted by Crippen LogP contribution is 1.99. The summed E-state index contributed by atoms with van der Waals surface area (Å²) in [5, 5.41) is 3.90. The predicted octanol–water partition coefficient (Wildman–Crippen LogP) is 0.290. The van der Waals surface area contributed by atoms with Gasteiger partial charge in [0.05, 0.1) is 12.3 Å². The molecule has 0 fully saturated rings. The molecular formula is C8H15N3O2S. The van der Waals surface area contributed by atoms with Crippen LogP contribution in [0.15, 0.2) is 12.3 Å². The zero-order chi connectivity index (χ0) is 10.6. The summed E-state index contributed by atoms with van der Waals surface area (Å²) in [5.41, 5.74) is 5.40. The third-order valence-corrected chi connectivity index (χ3v) is 3.64. The van der Waals surface area contributed by atoms with Crippen LogP contribution in [0.1, 0.15) is 13.3 Å². The van der Waals surface area contributed by atoms with Crippen LogP contribution in [0.25, 0.3) is 0 Å². The van der Waals surface area contributed by atoms with Gasteiger partial charge in [0, 0.05) is 11.9 Å². The Bertz CT molecular complexity index is 383. The molecular weight excluding hydrogens is 202 g/mol. The van der Waals surface area contributed by atoms with E-state index in [4.69, 9.17) is 5.73 Å². The number of anilines is 1. The van der Waals surface area contributed by atoms with Gasteiger partial charge in [0.25, 0.3) is 0 Å². The zero-order valence-corrected chi connectivity index (χ0v) is 9.00. The van der Waals surface area contributed by atoms with Crippen molar-refractivity contribution in [3.8, 4) is 0 Å². The van der Waals surface area contributed by atoms with Crippen LogP contribution in [0.5, 0.6) is 0 Å². The molecule has 0 unspecified atom stereocenters. The number of aryl methyl sites for hydroxylation is 1. The minimum Gasteiger partial charge on any atom is -0.382 e. The molecule has 80 valence electrons. The molecule has 0 radical (unpaired) electrons. The number of nitrogen functional groups attached to an aromatic ring is 1. The van der Waals surface area contributed by atoms with Gasteiger partial charge in [0.15, 0.2) is 9.84 Å². The maximum absolute atomic E-state index is 11.3. The second-order valence-electron chi connectivity index (χ2n) is 3.16. The Kier molecular flexibility index (Phi) is 3.51. The van der Waals surface area contributed by atoms with Gasteiger partial charge in [0.2, 0.25) is 0 Å². The Morgan fingerprint density at radius 1 is 1.50 bits per heavy atom. The molecule has 1 aromatic heterocycles. The molecule has 0 bridgehead atoms. The average molecular weight is 217 g/mol. The molecule has 5 nitrogen and oxygen atoms in total. The summed E-state index contributed by atoms with van der Waals surface area (Å²) in [4.78, 5) is 0. The van der Waals surface area contributed by atoms with Gasteiger partial charge in [-0.3, -0.25) is 4.68 Å². The highest BCUT2D eigenvalue weighted by atomic mass is 32.2. The molecule has 0 aliphatic rings. The first-order valence-electron chi connectivity index (χ1n) is 4.53. The highest BCUT2D eigenvalue weighted by molar-refractivity contribution is 7.91. The zero-order valence-electron chi connectivity index (χ0n) is 8.18. The number of nitrogens with two attached hydrogens (primary N) is 1. The minimum absolute atomic E-state index is 0.127. The molecule has 14 heavy (non-hydrogen) atoms. The van der Waals surface area contributed by atoms with E-state index in [9.17, 15) is 8.42 Å². The number of rotatable bonds is 5. The fraction of sp³-hybridized carbons (Fsp3) is 0.625. The highest BCUT2D eigenvalue weighted by Gasteiger charge is 2.09. The van der Waals surface area contributed by atoms with Gasteiger partial charge in [-0.15, -0.1) is 0 Å². The summed E-state index contributed by atoms with van der Waals surface area (Å²) >= 11 is 0. The molecule has 0 amide bonds. The van der Waals surface area contributed by atoms with Gasteiger partial charge in [-0.2, -0.15) is 5.10 Å². The summed E-state index contributed by atoms with van der Waals surface area (Å²) in [6, 6.07) is 1.65. The topological polar surface area (TPSA) is 78.0 Å². The van der Waals surface area contributed by atoms with E-state index in [1.54, 1.807) is 16.9 Å². The first-order valence-corrected chi connectivity index (χ1v) is 6.35. The van der Waals surface area contributed by atoms with Crippen molar-refractivity contribution in [1.82, 2.24) is 9.78 Å². The van der Waals surface area contributed by atoms with Crippen LogP contribution in [0.3, 0.4) is 0 Å². The summed E-state index contributed by atoms with van der Waals surface area (Å²) < 4.78 is 24.2. The van der Waals surface area contributed by atoms with Gasteiger partial charge in [0.1, 0.15) is 5.82 Å². The number of hydrogen-bond acceptors (Lipinski definition) is 4. The molecule has 0 aliphatic carbocycles. The molecule has 0 saturated carbocycles. The van der Waals surface area contributed by atoms with Crippen LogP contribution in [0, 0.1) is 0 Å². The molecule has 0 aromatic carbocycles. The van der Waals surface area contributed by atoms with E-state index in [2.05, 4.69) is 5.10 Å². The van der Waals surface area contributed by atoms with Crippen molar-refractivity contribution >= 4 is 15.7 Å². The van der Waals surface area contributed by atoms with Crippen molar-refractivity contribution in [1.29, 1.82) is 0 Å². The van der Waals surface area contributed by atoms with Crippen molar-refractivity contribution in [2.75, 3.05) is 17.2 Å². The van der Waals surface area contributed by atoms with Crippen molar-refractivity contribution in [3.05, 3.63) is 12.3 Å². The van der Waals surface area contributed by atoms with Gasteiger partial charge in [-0.1, -0.05) is 6.92 Å². The fourth-order valence-corrected chi connectivity index (χ4v) is 2.44. The second kappa shape index (κ2) is 4.45. The monoisotopic (exact) mass is 217 g/mol. The van der Waals surface area contributed by atoms with Gasteiger partial charge in [-0.05, 0) is 12.5 Å². The molecule has 0 aliphatic heterocycles. The lowest BCUT2D eigenvalue weighted by Crippen LogP contribution is -2.16.